The minimum atomic E-state index is -0.373. The van der Waals surface area contributed by atoms with Gasteiger partial charge in [0.1, 0.15) is 11.4 Å². The molecule has 2 heterocycles. The number of nitrogens with zero attached hydrogens (tertiary/aromatic N) is 1. The van der Waals surface area contributed by atoms with Gasteiger partial charge in [0, 0.05) is 25.0 Å². The number of carbonyl (C=O) groups is 1. The number of H-pyrrole nitrogens is 1. The Morgan fingerprint density at radius 1 is 1.24 bits per heavy atom. The summed E-state index contributed by atoms with van der Waals surface area (Å²) < 4.78 is 15.3. The summed E-state index contributed by atoms with van der Waals surface area (Å²) in [6, 6.07) is 8.40. The van der Waals surface area contributed by atoms with Gasteiger partial charge in [-0.15, -0.1) is 0 Å². The number of aromatic nitrogens is 2. The minimum absolute atomic E-state index is 0.152. The Labute approximate surface area is 144 Å². The highest BCUT2D eigenvalue weighted by Crippen LogP contribution is 2.17. The molecule has 130 valence electrons. The molecule has 0 atom stereocenters. The topological polar surface area (TPSA) is 66.9 Å². The van der Waals surface area contributed by atoms with Gasteiger partial charge in [-0.3, -0.25) is 9.59 Å². The van der Waals surface area contributed by atoms with Crippen molar-refractivity contribution < 1.29 is 9.18 Å². The van der Waals surface area contributed by atoms with E-state index >= 15 is 0 Å². The molecule has 25 heavy (non-hydrogen) atoms. The average Bonchev–Trinajstić information content (AvgIpc) is 2.93. The molecule has 0 aliphatic rings. The van der Waals surface area contributed by atoms with Crippen LogP contribution in [0, 0.1) is 19.7 Å². The van der Waals surface area contributed by atoms with Crippen LogP contribution in [0.4, 0.5) is 4.39 Å². The van der Waals surface area contributed by atoms with Gasteiger partial charge in [0.25, 0.3) is 11.5 Å². The molecule has 3 aromatic rings. The number of benzene rings is 1. The Bertz CT molecular complexity index is 988. The standard InChI is InChI=1S/C19H20FN3O2/c1-12-10-13(2)22-19(25)17(12)18(24)21-7-3-8-23-9-6-14-4-5-15(20)11-16(14)23/h4-6,9-11H,3,7-8H2,1-2H3,(H,21,24)(H,22,25). The van der Waals surface area contributed by atoms with E-state index in [1.54, 1.807) is 26.0 Å². The number of pyridine rings is 1. The Morgan fingerprint density at radius 2 is 2.04 bits per heavy atom. The molecule has 5 nitrogen and oxygen atoms in total. The van der Waals surface area contributed by atoms with Gasteiger partial charge < -0.3 is 14.9 Å². The lowest BCUT2D eigenvalue weighted by Crippen LogP contribution is -2.32. The molecule has 2 N–H and O–H groups in total. The zero-order valence-electron chi connectivity index (χ0n) is 14.2. The zero-order chi connectivity index (χ0) is 18.0. The van der Waals surface area contributed by atoms with Crippen LogP contribution in [-0.4, -0.2) is 22.0 Å². The molecule has 0 spiro atoms. The lowest BCUT2D eigenvalue weighted by Gasteiger charge is -2.09. The molecule has 6 heteroatoms. The zero-order valence-corrected chi connectivity index (χ0v) is 14.2. The third-order valence-corrected chi connectivity index (χ3v) is 4.19. The summed E-state index contributed by atoms with van der Waals surface area (Å²) in [6.07, 6.45) is 2.58. The van der Waals surface area contributed by atoms with Gasteiger partial charge >= 0.3 is 0 Å². The van der Waals surface area contributed by atoms with Gasteiger partial charge in [0.05, 0.1) is 5.52 Å². The third-order valence-electron chi connectivity index (χ3n) is 4.19. The highest BCUT2D eigenvalue weighted by Gasteiger charge is 2.13. The summed E-state index contributed by atoms with van der Waals surface area (Å²) >= 11 is 0. The summed E-state index contributed by atoms with van der Waals surface area (Å²) in [5, 5.41) is 3.75. The van der Waals surface area contributed by atoms with E-state index in [2.05, 4.69) is 10.3 Å². The summed E-state index contributed by atoms with van der Waals surface area (Å²) in [4.78, 5) is 26.8. The van der Waals surface area contributed by atoms with Crippen molar-refractivity contribution in [2.45, 2.75) is 26.8 Å². The van der Waals surface area contributed by atoms with E-state index in [4.69, 9.17) is 0 Å². The van der Waals surface area contributed by atoms with E-state index in [-0.39, 0.29) is 22.8 Å². The van der Waals surface area contributed by atoms with Crippen LogP contribution in [0.2, 0.25) is 0 Å². The van der Waals surface area contributed by atoms with Crippen LogP contribution < -0.4 is 10.9 Å². The van der Waals surface area contributed by atoms with Gasteiger partial charge in [-0.2, -0.15) is 0 Å². The molecule has 0 aliphatic heterocycles. The molecule has 2 aromatic heterocycles. The second-order valence-corrected chi connectivity index (χ2v) is 6.16. The first kappa shape index (κ1) is 17.0. The lowest BCUT2D eigenvalue weighted by molar-refractivity contribution is 0.0950. The van der Waals surface area contributed by atoms with Crippen molar-refractivity contribution in [2.75, 3.05) is 6.54 Å². The monoisotopic (exact) mass is 341 g/mol. The fourth-order valence-electron chi connectivity index (χ4n) is 3.03. The number of nitrogens with one attached hydrogen (secondary N) is 2. The highest BCUT2D eigenvalue weighted by atomic mass is 19.1. The molecule has 0 radical (unpaired) electrons. The first-order chi connectivity index (χ1) is 12.0. The van der Waals surface area contributed by atoms with Crippen LogP contribution in [0.25, 0.3) is 10.9 Å². The summed E-state index contributed by atoms with van der Waals surface area (Å²) in [7, 11) is 0. The summed E-state index contributed by atoms with van der Waals surface area (Å²) in [6.45, 7) is 4.61. The number of fused-ring (bicyclic) bond motifs is 1. The van der Waals surface area contributed by atoms with Crippen molar-refractivity contribution in [1.82, 2.24) is 14.9 Å². The minimum Gasteiger partial charge on any atom is -0.352 e. The van der Waals surface area contributed by atoms with Gasteiger partial charge in [-0.25, -0.2) is 4.39 Å². The molecule has 0 saturated heterocycles. The fraction of sp³-hybridized carbons (Fsp3) is 0.263. The van der Waals surface area contributed by atoms with Gasteiger partial charge in [-0.1, -0.05) is 0 Å². The number of hydrogen-bond donors (Lipinski definition) is 2. The molecule has 3 rings (SSSR count). The number of rotatable bonds is 5. The molecule has 0 bridgehead atoms. The van der Waals surface area contributed by atoms with E-state index in [0.717, 1.165) is 16.6 Å². The Hall–Kier alpha value is -2.89. The van der Waals surface area contributed by atoms with Gasteiger partial charge in [0.2, 0.25) is 0 Å². The van der Waals surface area contributed by atoms with E-state index in [1.165, 1.54) is 12.1 Å². The van der Waals surface area contributed by atoms with E-state index in [1.807, 2.05) is 16.8 Å². The Balaban J connectivity index is 1.61. The van der Waals surface area contributed by atoms with Crippen LogP contribution in [0.1, 0.15) is 28.0 Å². The highest BCUT2D eigenvalue weighted by molar-refractivity contribution is 5.95. The number of amides is 1. The number of hydrogen-bond acceptors (Lipinski definition) is 2. The van der Waals surface area contributed by atoms with Crippen molar-refractivity contribution in [3.05, 3.63) is 69.5 Å². The molecule has 0 unspecified atom stereocenters. The predicted octanol–water partition coefficient (Wildman–Crippen LogP) is 2.91. The van der Waals surface area contributed by atoms with Gasteiger partial charge in [-0.05, 0) is 61.5 Å². The molecular weight excluding hydrogens is 321 g/mol. The van der Waals surface area contributed by atoms with E-state index in [9.17, 15) is 14.0 Å². The van der Waals surface area contributed by atoms with Crippen LogP contribution in [0.3, 0.4) is 0 Å². The molecule has 1 amide bonds. The van der Waals surface area contributed by atoms with Crippen molar-refractivity contribution in [3.8, 4) is 0 Å². The number of aromatic amines is 1. The van der Waals surface area contributed by atoms with Crippen LogP contribution in [0.5, 0.6) is 0 Å². The van der Waals surface area contributed by atoms with Gasteiger partial charge in [0.15, 0.2) is 0 Å². The summed E-state index contributed by atoms with van der Waals surface area (Å²) in [5.41, 5.74) is 1.99. The molecule has 1 aromatic carbocycles. The number of aryl methyl sites for hydroxylation is 3. The second-order valence-electron chi connectivity index (χ2n) is 6.16. The maximum atomic E-state index is 13.4. The van der Waals surface area contributed by atoms with Crippen molar-refractivity contribution in [1.29, 1.82) is 0 Å². The van der Waals surface area contributed by atoms with Crippen molar-refractivity contribution in [2.24, 2.45) is 0 Å². The quantitative estimate of drug-likeness (QED) is 0.701. The number of carbonyl (C=O) groups excluding carboxylic acids is 1. The fourth-order valence-corrected chi connectivity index (χ4v) is 3.03. The largest absolute Gasteiger partial charge is 0.352 e. The van der Waals surface area contributed by atoms with Crippen molar-refractivity contribution in [3.63, 3.8) is 0 Å². The predicted molar refractivity (Wildman–Crippen MR) is 95.4 cm³/mol. The normalized spacial score (nSPS) is 11.0. The van der Waals surface area contributed by atoms with Crippen LogP contribution in [-0.2, 0) is 6.54 Å². The van der Waals surface area contributed by atoms with Crippen molar-refractivity contribution >= 4 is 16.8 Å². The van der Waals surface area contributed by atoms with E-state index < -0.39 is 0 Å². The Kier molecular flexibility index (Phi) is 4.70. The molecule has 0 aliphatic carbocycles. The van der Waals surface area contributed by atoms with E-state index in [0.29, 0.717) is 25.1 Å². The van der Waals surface area contributed by atoms with Crippen LogP contribution in [0.15, 0.2) is 41.3 Å². The average molecular weight is 341 g/mol. The Morgan fingerprint density at radius 3 is 2.80 bits per heavy atom. The third kappa shape index (κ3) is 3.63. The molecule has 0 saturated carbocycles. The lowest BCUT2D eigenvalue weighted by atomic mass is 10.1. The maximum Gasteiger partial charge on any atom is 0.261 e. The first-order valence-electron chi connectivity index (χ1n) is 8.19. The smallest absolute Gasteiger partial charge is 0.261 e. The number of halogens is 1. The maximum absolute atomic E-state index is 13.4. The second kappa shape index (κ2) is 6.93. The first-order valence-corrected chi connectivity index (χ1v) is 8.19. The van der Waals surface area contributed by atoms with Crippen LogP contribution >= 0.6 is 0 Å². The SMILES string of the molecule is Cc1cc(C)c(C(=O)NCCCn2ccc3ccc(F)cc32)c(=O)[nH]1. The molecular formula is C19H20FN3O2. The summed E-state index contributed by atoms with van der Waals surface area (Å²) in [5.74, 6) is -0.642. The molecule has 0 fully saturated rings.